The van der Waals surface area contributed by atoms with Gasteiger partial charge in [0.15, 0.2) is 5.65 Å². The van der Waals surface area contributed by atoms with E-state index in [1.807, 2.05) is 6.07 Å². The van der Waals surface area contributed by atoms with Gasteiger partial charge in [-0.15, -0.1) is 5.10 Å². The van der Waals surface area contributed by atoms with Crippen LogP contribution in [0.15, 0.2) is 66.9 Å². The van der Waals surface area contributed by atoms with Crippen LogP contribution >= 0.6 is 11.6 Å². The average Bonchev–Trinajstić information content (AvgIpc) is 3.39. The summed E-state index contributed by atoms with van der Waals surface area (Å²) in [5, 5.41) is 20.4. The van der Waals surface area contributed by atoms with Gasteiger partial charge < -0.3 is 25.2 Å². The lowest BCUT2D eigenvalue weighted by atomic mass is 9.98. The van der Waals surface area contributed by atoms with E-state index >= 15 is 0 Å². The zero-order chi connectivity index (χ0) is 30.9. The first-order chi connectivity index (χ1) is 20.5. The fourth-order valence-electron chi connectivity index (χ4n) is 4.43. The average molecular weight is 608 g/mol. The van der Waals surface area contributed by atoms with Gasteiger partial charge >= 0.3 is 0 Å². The number of aliphatic hydroxyl groups is 1. The maximum atomic E-state index is 14.1. The summed E-state index contributed by atoms with van der Waals surface area (Å²) in [6.07, 6.45) is 1.79. The van der Waals surface area contributed by atoms with E-state index in [9.17, 15) is 18.7 Å². The fourth-order valence-corrected chi connectivity index (χ4v) is 4.62. The van der Waals surface area contributed by atoms with Gasteiger partial charge in [0.25, 0.3) is 5.91 Å². The zero-order valence-corrected chi connectivity index (χ0v) is 24.5. The monoisotopic (exact) mass is 607 g/mol. The van der Waals surface area contributed by atoms with Gasteiger partial charge in [0.05, 0.1) is 36.1 Å². The summed E-state index contributed by atoms with van der Waals surface area (Å²) >= 11 is 5.75. The van der Waals surface area contributed by atoms with E-state index in [0.29, 0.717) is 40.4 Å². The van der Waals surface area contributed by atoms with Crippen LogP contribution in [0.3, 0.4) is 0 Å². The standard InChI is InChI=1S/C31H28ClF2N5O4/c1-31(2,41)20-7-9-25(27(13-20)43-4)36-30-37-28-10-6-18(16-39(28)38-30)17-5-8-21(26(12-17)42-3)29(40)35-15-19-11-22(32)24(34)14-23(19)33/h5-14,16,41H,15H2,1-4H3,(H,35,40)(H,36,38). The number of ether oxygens (including phenoxy) is 2. The molecule has 0 aliphatic carbocycles. The van der Waals surface area contributed by atoms with Crippen molar-refractivity contribution in [3.8, 4) is 22.6 Å². The van der Waals surface area contributed by atoms with Gasteiger partial charge in [-0.25, -0.2) is 13.3 Å². The molecule has 12 heteroatoms. The van der Waals surface area contributed by atoms with Crippen molar-refractivity contribution in [2.45, 2.75) is 26.0 Å². The first-order valence-electron chi connectivity index (χ1n) is 13.1. The van der Waals surface area contributed by atoms with Crippen molar-refractivity contribution in [1.29, 1.82) is 0 Å². The molecule has 2 aromatic heterocycles. The number of anilines is 2. The normalized spacial score (nSPS) is 11.4. The molecule has 0 saturated carbocycles. The maximum absolute atomic E-state index is 14.1. The molecule has 9 nitrogen and oxygen atoms in total. The number of rotatable bonds is 9. The van der Waals surface area contributed by atoms with Gasteiger partial charge in [-0.1, -0.05) is 23.7 Å². The van der Waals surface area contributed by atoms with Crippen LogP contribution < -0.4 is 20.1 Å². The number of hydrogen-bond acceptors (Lipinski definition) is 7. The number of carbonyl (C=O) groups excluding carboxylic acids is 1. The maximum Gasteiger partial charge on any atom is 0.255 e. The molecule has 3 aromatic carbocycles. The Morgan fingerprint density at radius 1 is 0.977 bits per heavy atom. The summed E-state index contributed by atoms with van der Waals surface area (Å²) in [5.74, 6) is -1.01. The molecule has 0 atom stereocenters. The Balaban J connectivity index is 1.35. The quantitative estimate of drug-likeness (QED) is 0.170. The predicted molar refractivity (Wildman–Crippen MR) is 159 cm³/mol. The van der Waals surface area contributed by atoms with Crippen LogP contribution in [-0.4, -0.2) is 39.8 Å². The molecule has 0 fully saturated rings. The van der Waals surface area contributed by atoms with E-state index in [1.165, 1.54) is 7.11 Å². The van der Waals surface area contributed by atoms with Crippen molar-refractivity contribution in [2.24, 2.45) is 0 Å². The van der Waals surface area contributed by atoms with Crippen LogP contribution in [0, 0.1) is 11.6 Å². The Hall–Kier alpha value is -4.74. The highest BCUT2D eigenvalue weighted by atomic mass is 35.5. The second kappa shape index (κ2) is 11.9. The van der Waals surface area contributed by atoms with Gasteiger partial charge in [0.1, 0.15) is 23.1 Å². The molecule has 0 saturated heterocycles. The van der Waals surface area contributed by atoms with Crippen molar-refractivity contribution >= 4 is 34.8 Å². The van der Waals surface area contributed by atoms with Crippen LogP contribution in [0.1, 0.15) is 35.3 Å². The summed E-state index contributed by atoms with van der Waals surface area (Å²) in [6.45, 7) is 3.20. The highest BCUT2D eigenvalue weighted by molar-refractivity contribution is 6.30. The van der Waals surface area contributed by atoms with E-state index in [4.69, 9.17) is 21.1 Å². The number of hydrogen-bond donors (Lipinski definition) is 3. The van der Waals surface area contributed by atoms with Gasteiger partial charge in [0.2, 0.25) is 5.95 Å². The molecule has 2 heterocycles. The van der Waals surface area contributed by atoms with Crippen LogP contribution in [-0.2, 0) is 12.1 Å². The number of carbonyl (C=O) groups is 1. The van der Waals surface area contributed by atoms with E-state index in [-0.39, 0.29) is 22.7 Å². The minimum Gasteiger partial charge on any atom is -0.496 e. The number of fused-ring (bicyclic) bond motifs is 1. The predicted octanol–water partition coefficient (Wildman–Crippen LogP) is 6.25. The highest BCUT2D eigenvalue weighted by Gasteiger charge is 2.19. The van der Waals surface area contributed by atoms with Gasteiger partial charge in [-0.2, -0.15) is 4.98 Å². The molecule has 5 rings (SSSR count). The Bertz CT molecular complexity index is 1840. The minimum atomic E-state index is -1.02. The third kappa shape index (κ3) is 6.37. The molecule has 43 heavy (non-hydrogen) atoms. The van der Waals surface area contributed by atoms with E-state index in [2.05, 4.69) is 20.7 Å². The Kier molecular flexibility index (Phi) is 8.21. The van der Waals surface area contributed by atoms with Crippen LogP contribution in [0.2, 0.25) is 5.02 Å². The van der Waals surface area contributed by atoms with E-state index in [1.54, 1.807) is 74.1 Å². The third-order valence-corrected chi connectivity index (χ3v) is 7.08. The SMILES string of the molecule is COc1cc(C(C)(C)O)ccc1Nc1nc2ccc(-c3ccc(C(=O)NCc4cc(Cl)c(F)cc4F)c(OC)c3)cn2n1. The third-order valence-electron chi connectivity index (χ3n) is 6.79. The van der Waals surface area contributed by atoms with Gasteiger partial charge in [0, 0.05) is 29.9 Å². The number of methoxy groups -OCH3 is 2. The number of amides is 1. The summed E-state index contributed by atoms with van der Waals surface area (Å²) in [6, 6.07) is 15.9. The topological polar surface area (TPSA) is 110 Å². The number of benzene rings is 3. The smallest absolute Gasteiger partial charge is 0.255 e. The number of pyridine rings is 1. The molecule has 0 radical (unpaired) electrons. The van der Waals surface area contributed by atoms with Gasteiger partial charge in [-0.05, 0) is 67.4 Å². The number of halogens is 3. The van der Waals surface area contributed by atoms with Crippen molar-refractivity contribution in [3.63, 3.8) is 0 Å². The molecular weight excluding hydrogens is 580 g/mol. The van der Waals surface area contributed by atoms with Crippen molar-refractivity contribution < 1.29 is 28.2 Å². The molecule has 0 aliphatic heterocycles. The van der Waals surface area contributed by atoms with Crippen LogP contribution in [0.4, 0.5) is 20.4 Å². The molecule has 1 amide bonds. The minimum absolute atomic E-state index is 0.0508. The van der Waals surface area contributed by atoms with Crippen molar-refractivity contribution in [2.75, 3.05) is 19.5 Å². The fraction of sp³-hybridized carbons (Fsp3) is 0.194. The molecule has 0 spiro atoms. The summed E-state index contributed by atoms with van der Waals surface area (Å²) in [4.78, 5) is 17.4. The Labute approximate surface area is 251 Å². The second-order valence-corrected chi connectivity index (χ2v) is 10.6. The number of nitrogens with one attached hydrogen (secondary N) is 2. The molecule has 0 aliphatic rings. The lowest BCUT2D eigenvalue weighted by molar-refractivity contribution is 0.0783. The first kappa shape index (κ1) is 29.7. The lowest BCUT2D eigenvalue weighted by Gasteiger charge is -2.19. The first-order valence-corrected chi connectivity index (χ1v) is 13.5. The number of aromatic nitrogens is 3. The second-order valence-electron chi connectivity index (χ2n) is 10.2. The van der Waals surface area contributed by atoms with E-state index < -0.39 is 23.1 Å². The summed E-state index contributed by atoms with van der Waals surface area (Å²) in [5.41, 5.74) is 2.72. The van der Waals surface area contributed by atoms with E-state index in [0.717, 1.165) is 17.2 Å². The highest BCUT2D eigenvalue weighted by Crippen LogP contribution is 2.32. The van der Waals surface area contributed by atoms with Gasteiger partial charge in [-0.3, -0.25) is 4.79 Å². The van der Waals surface area contributed by atoms with Crippen molar-refractivity contribution in [1.82, 2.24) is 19.9 Å². The largest absolute Gasteiger partial charge is 0.496 e. The Morgan fingerprint density at radius 2 is 1.72 bits per heavy atom. The molecule has 5 aromatic rings. The Morgan fingerprint density at radius 3 is 2.44 bits per heavy atom. The molecule has 222 valence electrons. The van der Waals surface area contributed by atoms with Crippen LogP contribution in [0.25, 0.3) is 16.8 Å². The molecular formula is C31H28ClF2N5O4. The lowest BCUT2D eigenvalue weighted by Crippen LogP contribution is -2.24. The van der Waals surface area contributed by atoms with Crippen molar-refractivity contribution in [3.05, 3.63) is 100 Å². The summed E-state index contributed by atoms with van der Waals surface area (Å²) in [7, 11) is 2.98. The zero-order valence-electron chi connectivity index (χ0n) is 23.7. The molecule has 0 unspecified atom stereocenters. The molecule has 0 bridgehead atoms. The summed E-state index contributed by atoms with van der Waals surface area (Å²) < 4.78 is 40.1. The number of nitrogens with zero attached hydrogens (tertiary/aromatic N) is 3. The molecule has 3 N–H and O–H groups in total. The van der Waals surface area contributed by atoms with Crippen LogP contribution in [0.5, 0.6) is 11.5 Å².